The highest BCUT2D eigenvalue weighted by atomic mass is 32.2. The third-order valence-electron chi connectivity index (χ3n) is 3.26. The maximum atomic E-state index is 11.9. The first-order valence-electron chi connectivity index (χ1n) is 5.52. The van der Waals surface area contributed by atoms with Crippen LogP contribution >= 0.6 is 11.8 Å². The first-order valence-corrected chi connectivity index (χ1v) is 6.81. The standard InChI is InChI=1S/C11H19NO3S/c1-7(16-3)6-10(13)12-5-4-9(8(12)2)11(14)15/h7-9H,4-6H2,1-3H3,(H,14,15). The second-order valence-corrected chi connectivity index (χ2v) is 5.59. The number of carboxylic acid groups (broad SMARTS) is 1. The summed E-state index contributed by atoms with van der Waals surface area (Å²) < 4.78 is 0. The Bertz CT molecular complexity index is 282. The van der Waals surface area contributed by atoms with Gasteiger partial charge in [0.05, 0.1) is 5.92 Å². The van der Waals surface area contributed by atoms with Crippen molar-refractivity contribution in [2.24, 2.45) is 5.92 Å². The van der Waals surface area contributed by atoms with Gasteiger partial charge in [0.2, 0.25) is 5.91 Å². The Balaban J connectivity index is 2.56. The van der Waals surface area contributed by atoms with E-state index in [-0.39, 0.29) is 11.9 Å². The van der Waals surface area contributed by atoms with Crippen LogP contribution in [0.25, 0.3) is 0 Å². The molecule has 1 rings (SSSR count). The molecule has 1 heterocycles. The van der Waals surface area contributed by atoms with Crippen LogP contribution in [0.3, 0.4) is 0 Å². The number of amides is 1. The number of likely N-dealkylation sites (tertiary alicyclic amines) is 1. The number of carboxylic acids is 1. The molecular weight excluding hydrogens is 226 g/mol. The minimum Gasteiger partial charge on any atom is -0.481 e. The minimum atomic E-state index is -0.791. The van der Waals surface area contributed by atoms with Gasteiger partial charge >= 0.3 is 5.97 Å². The van der Waals surface area contributed by atoms with Crippen LogP contribution < -0.4 is 0 Å². The van der Waals surface area contributed by atoms with E-state index in [1.54, 1.807) is 16.7 Å². The van der Waals surface area contributed by atoms with Gasteiger partial charge in [-0.25, -0.2) is 0 Å². The van der Waals surface area contributed by atoms with Crippen molar-refractivity contribution in [3.63, 3.8) is 0 Å². The molecule has 0 aromatic carbocycles. The van der Waals surface area contributed by atoms with Gasteiger partial charge in [0.1, 0.15) is 0 Å². The lowest BCUT2D eigenvalue weighted by molar-refractivity contribution is -0.143. The maximum Gasteiger partial charge on any atom is 0.308 e. The van der Waals surface area contributed by atoms with E-state index in [9.17, 15) is 9.59 Å². The van der Waals surface area contributed by atoms with E-state index >= 15 is 0 Å². The summed E-state index contributed by atoms with van der Waals surface area (Å²) in [4.78, 5) is 24.5. The van der Waals surface area contributed by atoms with Crippen molar-refractivity contribution in [3.8, 4) is 0 Å². The molecule has 1 N–H and O–H groups in total. The fourth-order valence-electron chi connectivity index (χ4n) is 2.07. The molecule has 1 aliphatic heterocycles. The fourth-order valence-corrected chi connectivity index (χ4v) is 2.38. The van der Waals surface area contributed by atoms with E-state index in [1.807, 2.05) is 20.1 Å². The summed E-state index contributed by atoms with van der Waals surface area (Å²) in [6.45, 7) is 4.42. The molecule has 92 valence electrons. The normalized spacial score (nSPS) is 26.8. The first kappa shape index (κ1) is 13.4. The van der Waals surface area contributed by atoms with E-state index in [2.05, 4.69) is 0 Å². The number of hydrogen-bond acceptors (Lipinski definition) is 3. The van der Waals surface area contributed by atoms with Gasteiger partial charge in [-0.05, 0) is 19.6 Å². The van der Waals surface area contributed by atoms with E-state index in [4.69, 9.17) is 5.11 Å². The topological polar surface area (TPSA) is 57.6 Å². The lowest BCUT2D eigenvalue weighted by Gasteiger charge is -2.24. The number of carbonyl (C=O) groups excluding carboxylic acids is 1. The van der Waals surface area contributed by atoms with E-state index in [0.717, 1.165) is 0 Å². The predicted molar refractivity (Wildman–Crippen MR) is 64.5 cm³/mol. The molecule has 1 aliphatic rings. The number of nitrogens with zero attached hydrogens (tertiary/aromatic N) is 1. The Hall–Kier alpha value is -0.710. The highest BCUT2D eigenvalue weighted by molar-refractivity contribution is 7.99. The molecule has 0 bridgehead atoms. The van der Waals surface area contributed by atoms with Crippen molar-refractivity contribution in [2.75, 3.05) is 12.8 Å². The Morgan fingerprint density at radius 3 is 2.62 bits per heavy atom. The van der Waals surface area contributed by atoms with Crippen LogP contribution in [0.1, 0.15) is 26.7 Å². The molecule has 1 saturated heterocycles. The molecule has 0 aromatic heterocycles. The zero-order chi connectivity index (χ0) is 12.3. The highest BCUT2D eigenvalue weighted by Gasteiger charge is 2.37. The molecule has 3 atom stereocenters. The number of aliphatic carboxylic acids is 1. The average molecular weight is 245 g/mol. The number of carbonyl (C=O) groups is 2. The molecule has 4 nitrogen and oxygen atoms in total. The second kappa shape index (κ2) is 5.57. The minimum absolute atomic E-state index is 0.0816. The highest BCUT2D eigenvalue weighted by Crippen LogP contribution is 2.26. The van der Waals surface area contributed by atoms with Crippen LogP contribution in [0.4, 0.5) is 0 Å². The fraction of sp³-hybridized carbons (Fsp3) is 0.818. The smallest absolute Gasteiger partial charge is 0.308 e. The molecule has 0 radical (unpaired) electrons. The first-order chi connectivity index (χ1) is 7.47. The molecule has 1 amide bonds. The van der Waals surface area contributed by atoms with Gasteiger partial charge in [0, 0.05) is 24.3 Å². The zero-order valence-corrected chi connectivity index (χ0v) is 10.8. The Morgan fingerprint density at radius 1 is 1.56 bits per heavy atom. The Morgan fingerprint density at radius 2 is 2.19 bits per heavy atom. The second-order valence-electron chi connectivity index (χ2n) is 4.31. The van der Waals surface area contributed by atoms with Crippen LogP contribution in [0, 0.1) is 5.92 Å². The van der Waals surface area contributed by atoms with Crippen molar-refractivity contribution >= 4 is 23.6 Å². The van der Waals surface area contributed by atoms with Gasteiger partial charge in [-0.1, -0.05) is 6.92 Å². The summed E-state index contributed by atoms with van der Waals surface area (Å²) in [5, 5.41) is 9.26. The van der Waals surface area contributed by atoms with Gasteiger partial charge in [-0.15, -0.1) is 0 Å². The van der Waals surface area contributed by atoms with Crippen molar-refractivity contribution in [2.45, 2.75) is 38.0 Å². The van der Waals surface area contributed by atoms with E-state index < -0.39 is 11.9 Å². The summed E-state index contributed by atoms with van der Waals surface area (Å²) in [7, 11) is 0. The summed E-state index contributed by atoms with van der Waals surface area (Å²) >= 11 is 1.66. The number of rotatable bonds is 4. The van der Waals surface area contributed by atoms with Gasteiger partial charge in [0.15, 0.2) is 0 Å². The lowest BCUT2D eigenvalue weighted by Crippen LogP contribution is -2.38. The maximum absolute atomic E-state index is 11.9. The van der Waals surface area contributed by atoms with Crippen molar-refractivity contribution in [1.29, 1.82) is 0 Å². The lowest BCUT2D eigenvalue weighted by atomic mass is 10.0. The molecule has 0 aliphatic carbocycles. The third kappa shape index (κ3) is 2.90. The zero-order valence-electron chi connectivity index (χ0n) is 9.97. The SMILES string of the molecule is CSC(C)CC(=O)N1CCC(C(=O)O)C1C. The van der Waals surface area contributed by atoms with E-state index in [1.165, 1.54) is 0 Å². The quantitative estimate of drug-likeness (QED) is 0.814. The van der Waals surface area contributed by atoms with Crippen LogP contribution in [0.2, 0.25) is 0 Å². The summed E-state index contributed by atoms with van der Waals surface area (Å²) in [6, 6.07) is -0.168. The van der Waals surface area contributed by atoms with Gasteiger partial charge < -0.3 is 10.0 Å². The van der Waals surface area contributed by atoms with Crippen molar-refractivity contribution < 1.29 is 14.7 Å². The molecule has 0 aromatic rings. The van der Waals surface area contributed by atoms with Crippen LogP contribution in [0.5, 0.6) is 0 Å². The van der Waals surface area contributed by atoms with Crippen LogP contribution in [0.15, 0.2) is 0 Å². The number of hydrogen-bond donors (Lipinski definition) is 1. The van der Waals surface area contributed by atoms with Crippen molar-refractivity contribution in [3.05, 3.63) is 0 Å². The number of thioether (sulfide) groups is 1. The largest absolute Gasteiger partial charge is 0.481 e. The average Bonchev–Trinajstić information content (AvgIpc) is 2.59. The van der Waals surface area contributed by atoms with Crippen LogP contribution in [-0.2, 0) is 9.59 Å². The predicted octanol–water partition coefficient (Wildman–Crippen LogP) is 1.45. The Kier molecular flexibility index (Phi) is 4.65. The molecule has 0 saturated carbocycles. The van der Waals surface area contributed by atoms with E-state index in [0.29, 0.717) is 24.6 Å². The molecule has 3 unspecified atom stereocenters. The monoisotopic (exact) mass is 245 g/mol. The summed E-state index contributed by atoms with van der Waals surface area (Å²) in [5.74, 6) is -1.10. The third-order valence-corrected chi connectivity index (χ3v) is 4.23. The molecular formula is C11H19NO3S. The molecule has 16 heavy (non-hydrogen) atoms. The van der Waals surface area contributed by atoms with Crippen molar-refractivity contribution in [1.82, 2.24) is 4.90 Å². The molecule has 0 spiro atoms. The van der Waals surface area contributed by atoms with Gasteiger partial charge in [-0.3, -0.25) is 9.59 Å². The molecule has 1 fully saturated rings. The summed E-state index contributed by atoms with van der Waals surface area (Å²) in [6.07, 6.45) is 3.05. The Labute approximate surface area is 100 Å². The molecule has 5 heteroatoms. The van der Waals surface area contributed by atoms with Gasteiger partial charge in [0.25, 0.3) is 0 Å². The van der Waals surface area contributed by atoms with Gasteiger partial charge in [-0.2, -0.15) is 11.8 Å². The summed E-state index contributed by atoms with van der Waals surface area (Å²) in [5.41, 5.74) is 0. The van der Waals surface area contributed by atoms with Crippen LogP contribution in [-0.4, -0.2) is 46.0 Å².